The van der Waals surface area contributed by atoms with Crippen LogP contribution < -0.4 is 15.5 Å². The molecule has 2 aromatic heterocycles. The Kier molecular flexibility index (Phi) is 8.46. The number of pyridine rings is 1. The molecule has 1 aromatic carbocycles. The number of hydrogen-bond donors (Lipinski definition) is 3. The molecule has 6 nitrogen and oxygen atoms in total. The Hall–Kier alpha value is -1.91. The number of halogens is 1. The highest BCUT2D eigenvalue weighted by molar-refractivity contribution is 14.0. The van der Waals surface area contributed by atoms with E-state index in [0.29, 0.717) is 19.0 Å². The van der Waals surface area contributed by atoms with Gasteiger partial charge in [0.2, 0.25) is 0 Å². The Bertz CT molecular complexity index is 895. The standard InChI is InChI=1S/C20H25N5OS.HI/c1-21-20(22-12-15-8-6-10-19(24-15)25(2)3)23-13-16(26)18-11-14-7-4-5-9-17(14)27-18;/h4-11,16,26H,12-13H2,1-3H3,(H2,21,22,23);1H. The van der Waals surface area contributed by atoms with Gasteiger partial charge in [0.1, 0.15) is 11.9 Å². The molecule has 150 valence electrons. The Labute approximate surface area is 186 Å². The first-order chi connectivity index (χ1) is 13.1. The maximum atomic E-state index is 10.5. The number of guanidine groups is 1. The molecule has 8 heteroatoms. The van der Waals surface area contributed by atoms with E-state index in [9.17, 15) is 5.11 Å². The molecular weight excluding hydrogens is 485 g/mol. The summed E-state index contributed by atoms with van der Waals surface area (Å²) in [6, 6.07) is 16.1. The molecule has 0 fully saturated rings. The van der Waals surface area contributed by atoms with E-state index >= 15 is 0 Å². The van der Waals surface area contributed by atoms with Gasteiger partial charge in [-0.15, -0.1) is 35.3 Å². The van der Waals surface area contributed by atoms with Crippen molar-refractivity contribution in [2.45, 2.75) is 12.6 Å². The summed E-state index contributed by atoms with van der Waals surface area (Å²) in [6.07, 6.45) is -0.587. The lowest BCUT2D eigenvalue weighted by Gasteiger charge is -2.15. The normalized spacial score (nSPS) is 12.4. The lowest BCUT2D eigenvalue weighted by molar-refractivity contribution is 0.184. The number of nitrogens with zero attached hydrogens (tertiary/aromatic N) is 3. The predicted molar refractivity (Wildman–Crippen MR) is 129 cm³/mol. The molecule has 1 unspecified atom stereocenters. The monoisotopic (exact) mass is 511 g/mol. The zero-order valence-electron chi connectivity index (χ0n) is 16.2. The van der Waals surface area contributed by atoms with Gasteiger partial charge in [-0.25, -0.2) is 4.98 Å². The van der Waals surface area contributed by atoms with Crippen LogP contribution in [0.2, 0.25) is 0 Å². The highest BCUT2D eigenvalue weighted by Gasteiger charge is 2.12. The number of aromatic nitrogens is 1. The van der Waals surface area contributed by atoms with Crippen LogP contribution in [0.1, 0.15) is 16.7 Å². The van der Waals surface area contributed by atoms with Gasteiger partial charge in [0.05, 0.1) is 12.2 Å². The highest BCUT2D eigenvalue weighted by atomic mass is 127. The molecule has 3 rings (SSSR count). The largest absolute Gasteiger partial charge is 0.386 e. The van der Waals surface area contributed by atoms with E-state index in [1.807, 2.05) is 55.4 Å². The number of nitrogens with one attached hydrogen (secondary N) is 2. The van der Waals surface area contributed by atoms with Crippen molar-refractivity contribution in [2.24, 2.45) is 4.99 Å². The van der Waals surface area contributed by atoms with Gasteiger partial charge in [0.25, 0.3) is 0 Å². The molecule has 0 amide bonds. The van der Waals surface area contributed by atoms with Crippen LogP contribution >= 0.6 is 35.3 Å². The number of hydrogen-bond acceptors (Lipinski definition) is 5. The van der Waals surface area contributed by atoms with E-state index in [1.54, 1.807) is 18.4 Å². The molecule has 1 atom stereocenters. The van der Waals surface area contributed by atoms with Crippen LogP contribution in [0, 0.1) is 0 Å². The quantitative estimate of drug-likeness (QED) is 0.269. The van der Waals surface area contributed by atoms with Crippen molar-refractivity contribution >= 4 is 57.2 Å². The minimum Gasteiger partial charge on any atom is -0.386 e. The fourth-order valence-electron chi connectivity index (χ4n) is 2.67. The van der Waals surface area contributed by atoms with E-state index in [4.69, 9.17) is 0 Å². The minimum atomic E-state index is -0.587. The van der Waals surface area contributed by atoms with Crippen molar-refractivity contribution in [2.75, 3.05) is 32.6 Å². The summed E-state index contributed by atoms with van der Waals surface area (Å²) < 4.78 is 1.18. The Morgan fingerprint density at radius 3 is 2.68 bits per heavy atom. The predicted octanol–water partition coefficient (Wildman–Crippen LogP) is 3.38. The fourth-order valence-corrected chi connectivity index (χ4v) is 3.72. The van der Waals surface area contributed by atoms with Crippen molar-refractivity contribution in [3.05, 3.63) is 59.1 Å². The number of anilines is 1. The Morgan fingerprint density at radius 2 is 1.96 bits per heavy atom. The van der Waals surface area contributed by atoms with Crippen LogP contribution in [0.15, 0.2) is 53.5 Å². The second-order valence-electron chi connectivity index (χ2n) is 6.39. The number of aliphatic hydroxyl groups is 1. The fraction of sp³-hybridized carbons (Fsp3) is 0.300. The third-order valence-electron chi connectivity index (χ3n) is 4.15. The molecular formula is C20H26IN5OS. The number of benzene rings is 1. The Morgan fingerprint density at radius 1 is 1.18 bits per heavy atom. The van der Waals surface area contributed by atoms with Crippen molar-refractivity contribution < 1.29 is 5.11 Å². The van der Waals surface area contributed by atoms with Gasteiger partial charge in [-0.05, 0) is 29.7 Å². The molecule has 0 saturated carbocycles. The van der Waals surface area contributed by atoms with Crippen LogP contribution in [0.5, 0.6) is 0 Å². The first kappa shape index (κ1) is 22.4. The number of rotatable bonds is 6. The molecule has 0 saturated heterocycles. The van der Waals surface area contributed by atoms with Gasteiger partial charge in [0, 0.05) is 37.3 Å². The van der Waals surface area contributed by atoms with E-state index in [2.05, 4.69) is 32.7 Å². The van der Waals surface area contributed by atoms with Crippen molar-refractivity contribution in [3.8, 4) is 0 Å². The minimum absolute atomic E-state index is 0. The molecule has 0 aliphatic carbocycles. The SMILES string of the molecule is CN=C(NCc1cccc(N(C)C)n1)NCC(O)c1cc2ccccc2s1.I. The number of thiophene rings is 1. The third-order valence-corrected chi connectivity index (χ3v) is 5.36. The first-order valence-corrected chi connectivity index (χ1v) is 9.63. The summed E-state index contributed by atoms with van der Waals surface area (Å²) in [5.41, 5.74) is 0.925. The molecule has 0 aliphatic rings. The average molecular weight is 511 g/mol. The van der Waals surface area contributed by atoms with Crippen molar-refractivity contribution in [3.63, 3.8) is 0 Å². The van der Waals surface area contributed by atoms with E-state index < -0.39 is 6.10 Å². The van der Waals surface area contributed by atoms with Crippen LogP contribution in [0.3, 0.4) is 0 Å². The smallest absolute Gasteiger partial charge is 0.191 e. The maximum Gasteiger partial charge on any atom is 0.191 e. The molecule has 3 N–H and O–H groups in total. The lowest BCUT2D eigenvalue weighted by atomic mass is 10.2. The van der Waals surface area contributed by atoms with Crippen LogP contribution in [-0.2, 0) is 6.54 Å². The van der Waals surface area contributed by atoms with E-state index in [-0.39, 0.29) is 24.0 Å². The van der Waals surface area contributed by atoms with Crippen LogP contribution in [-0.4, -0.2) is 43.7 Å². The zero-order chi connectivity index (χ0) is 19.2. The summed E-state index contributed by atoms with van der Waals surface area (Å²) in [5.74, 6) is 1.55. The molecule has 28 heavy (non-hydrogen) atoms. The number of fused-ring (bicyclic) bond motifs is 1. The van der Waals surface area contributed by atoms with Gasteiger partial charge in [-0.3, -0.25) is 4.99 Å². The van der Waals surface area contributed by atoms with Gasteiger partial charge < -0.3 is 20.6 Å². The number of aliphatic imine (C=N–C) groups is 1. The molecule has 0 bridgehead atoms. The van der Waals surface area contributed by atoms with E-state index in [0.717, 1.165) is 21.8 Å². The Balaban J connectivity index is 0.00000280. The maximum absolute atomic E-state index is 10.5. The average Bonchev–Trinajstić information content (AvgIpc) is 3.12. The number of aliphatic hydroxyl groups excluding tert-OH is 1. The van der Waals surface area contributed by atoms with Gasteiger partial charge in [-0.2, -0.15) is 0 Å². The van der Waals surface area contributed by atoms with Crippen LogP contribution in [0.4, 0.5) is 5.82 Å². The first-order valence-electron chi connectivity index (χ1n) is 8.81. The second-order valence-corrected chi connectivity index (χ2v) is 7.51. The molecule has 2 heterocycles. The third kappa shape index (κ3) is 5.79. The summed E-state index contributed by atoms with van der Waals surface area (Å²) >= 11 is 1.61. The molecule has 0 spiro atoms. The summed E-state index contributed by atoms with van der Waals surface area (Å²) in [7, 11) is 5.65. The second kappa shape index (κ2) is 10.6. The van der Waals surface area contributed by atoms with Gasteiger partial charge in [0.15, 0.2) is 5.96 Å². The molecule has 3 aromatic rings. The van der Waals surface area contributed by atoms with Gasteiger partial charge >= 0.3 is 0 Å². The van der Waals surface area contributed by atoms with E-state index in [1.165, 1.54) is 4.70 Å². The summed E-state index contributed by atoms with van der Waals surface area (Å²) in [4.78, 5) is 11.7. The van der Waals surface area contributed by atoms with Crippen molar-refractivity contribution in [1.82, 2.24) is 15.6 Å². The summed E-state index contributed by atoms with van der Waals surface area (Å²) in [6.45, 7) is 0.942. The van der Waals surface area contributed by atoms with Crippen molar-refractivity contribution in [1.29, 1.82) is 0 Å². The zero-order valence-corrected chi connectivity index (χ0v) is 19.4. The van der Waals surface area contributed by atoms with Crippen LogP contribution in [0.25, 0.3) is 10.1 Å². The molecule has 0 radical (unpaired) electrons. The topological polar surface area (TPSA) is 72.8 Å². The summed E-state index contributed by atoms with van der Waals surface area (Å²) in [5, 5.41) is 18.1. The lowest BCUT2D eigenvalue weighted by Crippen LogP contribution is -2.39. The molecule has 0 aliphatic heterocycles. The van der Waals surface area contributed by atoms with Gasteiger partial charge in [-0.1, -0.05) is 24.3 Å². The highest BCUT2D eigenvalue weighted by Crippen LogP contribution is 2.29.